The molecule has 12 heteroatoms. The number of imide groups is 1. The molecule has 0 aromatic heterocycles. The van der Waals surface area contributed by atoms with Gasteiger partial charge in [0.1, 0.15) is 0 Å². The van der Waals surface area contributed by atoms with Crippen LogP contribution in [0.3, 0.4) is 0 Å². The Labute approximate surface area is 157 Å². The molecule has 1 aliphatic heterocycles. The van der Waals surface area contributed by atoms with Gasteiger partial charge >= 0.3 is 5.97 Å². The number of carbonyl (C=O) groups excluding carboxylic acids is 4. The molecule has 1 saturated carbocycles. The van der Waals surface area contributed by atoms with Crippen LogP contribution in [0, 0.1) is 5.92 Å². The molecule has 0 aromatic rings. The third-order valence-electron chi connectivity index (χ3n) is 4.15. The van der Waals surface area contributed by atoms with Crippen molar-refractivity contribution >= 4 is 56.4 Å². The first kappa shape index (κ1) is 20.0. The number of rotatable bonds is 5. The molecule has 140 valence electrons. The number of halogens is 1. The van der Waals surface area contributed by atoms with Gasteiger partial charge < -0.3 is 10.2 Å². The molecule has 1 atom stereocenters. The summed E-state index contributed by atoms with van der Waals surface area (Å²) in [5.41, 5.74) is 0. The molecule has 2 aliphatic rings. The second kappa shape index (κ2) is 7.95. The standard InChI is InChI=1S/C13H17IN2O8S/c14-6-10(17)15-8-3-1-7(2-4-8)13(20)24-16-11(18)5-9(12(16)19)25(21,22)23/h7-9H,1-6H2,(H,15,17)(H,21,22,23). The lowest BCUT2D eigenvalue weighted by Gasteiger charge is -2.28. The van der Waals surface area contributed by atoms with Crippen molar-refractivity contribution in [3.05, 3.63) is 0 Å². The number of nitrogens with one attached hydrogen (secondary N) is 1. The van der Waals surface area contributed by atoms with Crippen LogP contribution < -0.4 is 5.32 Å². The highest BCUT2D eigenvalue weighted by Crippen LogP contribution is 2.27. The summed E-state index contributed by atoms with van der Waals surface area (Å²) >= 11 is 1.95. The van der Waals surface area contributed by atoms with Crippen LogP contribution in [0.5, 0.6) is 0 Å². The molecule has 0 radical (unpaired) electrons. The van der Waals surface area contributed by atoms with E-state index in [-0.39, 0.29) is 17.0 Å². The van der Waals surface area contributed by atoms with E-state index in [9.17, 15) is 27.6 Å². The molecular formula is C13H17IN2O8S. The van der Waals surface area contributed by atoms with Gasteiger partial charge in [-0.15, -0.1) is 5.06 Å². The second-order valence-corrected chi connectivity index (χ2v) is 8.26. The minimum absolute atomic E-state index is 0.0368. The zero-order valence-electron chi connectivity index (χ0n) is 13.0. The predicted octanol–water partition coefficient (Wildman–Crippen LogP) is -0.430. The molecule has 1 saturated heterocycles. The van der Waals surface area contributed by atoms with Crippen LogP contribution in [0.1, 0.15) is 32.1 Å². The molecule has 0 spiro atoms. The molecule has 2 fully saturated rings. The van der Waals surface area contributed by atoms with Gasteiger partial charge in [0.2, 0.25) is 5.91 Å². The number of carbonyl (C=O) groups is 4. The first-order chi connectivity index (χ1) is 11.6. The third kappa shape index (κ3) is 4.88. The van der Waals surface area contributed by atoms with Crippen molar-refractivity contribution < 1.29 is 37.0 Å². The monoisotopic (exact) mass is 488 g/mol. The highest BCUT2D eigenvalue weighted by atomic mass is 127. The van der Waals surface area contributed by atoms with Crippen molar-refractivity contribution in [1.29, 1.82) is 0 Å². The van der Waals surface area contributed by atoms with E-state index in [1.807, 2.05) is 22.6 Å². The molecule has 1 unspecified atom stereocenters. The zero-order chi connectivity index (χ0) is 18.8. The summed E-state index contributed by atoms with van der Waals surface area (Å²) in [5.74, 6) is -3.72. The lowest BCUT2D eigenvalue weighted by Crippen LogP contribution is -2.41. The van der Waals surface area contributed by atoms with Crippen molar-refractivity contribution in [2.24, 2.45) is 5.92 Å². The van der Waals surface area contributed by atoms with Gasteiger partial charge in [0.15, 0.2) is 5.25 Å². The molecule has 25 heavy (non-hydrogen) atoms. The average molecular weight is 488 g/mol. The SMILES string of the molecule is O=C(CI)NC1CCC(C(=O)ON2C(=O)CC(S(=O)(=O)O)C2=O)CC1. The molecule has 0 aromatic carbocycles. The van der Waals surface area contributed by atoms with Gasteiger partial charge in [-0.05, 0) is 25.7 Å². The Bertz CT molecular complexity index is 686. The smallest absolute Gasteiger partial charge is 0.336 e. The van der Waals surface area contributed by atoms with Gasteiger partial charge in [-0.1, -0.05) is 22.6 Å². The molecule has 2 N–H and O–H groups in total. The Balaban J connectivity index is 1.90. The number of alkyl halides is 1. The Hall–Kier alpha value is -1.28. The van der Waals surface area contributed by atoms with Gasteiger partial charge in [-0.2, -0.15) is 8.42 Å². The second-order valence-electron chi connectivity index (χ2n) is 5.89. The average Bonchev–Trinajstić information content (AvgIpc) is 2.83. The maximum absolute atomic E-state index is 12.1. The quantitative estimate of drug-likeness (QED) is 0.229. The minimum Gasteiger partial charge on any atom is -0.353 e. The number of amides is 3. The Morgan fingerprint density at radius 2 is 1.84 bits per heavy atom. The fourth-order valence-corrected chi connectivity index (χ4v) is 3.74. The van der Waals surface area contributed by atoms with Gasteiger partial charge in [0, 0.05) is 6.04 Å². The van der Waals surface area contributed by atoms with E-state index in [1.165, 1.54) is 0 Å². The van der Waals surface area contributed by atoms with Gasteiger partial charge in [-0.3, -0.25) is 18.9 Å². The van der Waals surface area contributed by atoms with Gasteiger partial charge in [0.25, 0.3) is 21.9 Å². The van der Waals surface area contributed by atoms with Gasteiger partial charge in [-0.25, -0.2) is 4.79 Å². The van der Waals surface area contributed by atoms with Crippen molar-refractivity contribution in [2.45, 2.75) is 43.4 Å². The topological polar surface area (TPSA) is 147 Å². The van der Waals surface area contributed by atoms with Crippen LogP contribution in [0.2, 0.25) is 0 Å². The van der Waals surface area contributed by atoms with Crippen LogP contribution in [-0.4, -0.2) is 57.4 Å². The summed E-state index contributed by atoms with van der Waals surface area (Å²) in [6.45, 7) is 0. The van der Waals surface area contributed by atoms with E-state index in [0.29, 0.717) is 30.1 Å². The van der Waals surface area contributed by atoms with E-state index in [0.717, 1.165) is 0 Å². The number of hydrogen-bond donors (Lipinski definition) is 2. The fraction of sp³-hybridized carbons (Fsp3) is 0.692. The van der Waals surface area contributed by atoms with Crippen molar-refractivity contribution in [1.82, 2.24) is 10.4 Å². The zero-order valence-corrected chi connectivity index (χ0v) is 16.0. The normalized spacial score (nSPS) is 27.3. The van der Waals surface area contributed by atoms with Crippen LogP contribution in [0.15, 0.2) is 0 Å². The first-order valence-electron chi connectivity index (χ1n) is 7.53. The summed E-state index contributed by atoms with van der Waals surface area (Å²) in [7, 11) is -4.74. The predicted molar refractivity (Wildman–Crippen MR) is 90.7 cm³/mol. The first-order valence-corrected chi connectivity index (χ1v) is 10.6. The highest BCUT2D eigenvalue weighted by Gasteiger charge is 2.48. The molecule has 10 nitrogen and oxygen atoms in total. The third-order valence-corrected chi connectivity index (χ3v) is 5.93. The van der Waals surface area contributed by atoms with Crippen LogP contribution in [0.25, 0.3) is 0 Å². The number of hydrogen-bond acceptors (Lipinski definition) is 7. The van der Waals surface area contributed by atoms with E-state index in [1.54, 1.807) is 0 Å². The Kier molecular flexibility index (Phi) is 6.37. The summed E-state index contributed by atoms with van der Waals surface area (Å²) in [5, 5.41) is 1.00. The number of hydroxylamine groups is 2. The van der Waals surface area contributed by atoms with Crippen molar-refractivity contribution in [3.8, 4) is 0 Å². The molecule has 0 bridgehead atoms. The fourth-order valence-electron chi connectivity index (χ4n) is 2.82. The van der Waals surface area contributed by atoms with E-state index in [4.69, 9.17) is 9.39 Å². The Morgan fingerprint density at radius 3 is 2.32 bits per heavy atom. The lowest BCUT2D eigenvalue weighted by molar-refractivity contribution is -0.201. The molecular weight excluding hydrogens is 471 g/mol. The van der Waals surface area contributed by atoms with Crippen molar-refractivity contribution in [2.75, 3.05) is 4.43 Å². The van der Waals surface area contributed by atoms with E-state index in [2.05, 4.69) is 5.32 Å². The van der Waals surface area contributed by atoms with Crippen molar-refractivity contribution in [3.63, 3.8) is 0 Å². The van der Waals surface area contributed by atoms with Crippen LogP contribution in [-0.2, 0) is 34.1 Å². The maximum Gasteiger partial charge on any atom is 0.336 e. The van der Waals surface area contributed by atoms with Crippen LogP contribution in [0.4, 0.5) is 0 Å². The Morgan fingerprint density at radius 1 is 1.24 bits per heavy atom. The summed E-state index contributed by atoms with van der Waals surface area (Å²) in [4.78, 5) is 51.7. The molecule has 1 aliphatic carbocycles. The summed E-state index contributed by atoms with van der Waals surface area (Å²) in [6.07, 6.45) is 1.15. The highest BCUT2D eigenvalue weighted by molar-refractivity contribution is 14.1. The molecule has 2 rings (SSSR count). The lowest BCUT2D eigenvalue weighted by atomic mass is 9.86. The van der Waals surface area contributed by atoms with Gasteiger partial charge in [0.05, 0.1) is 16.8 Å². The molecule has 1 heterocycles. The summed E-state index contributed by atoms with van der Waals surface area (Å²) in [6, 6.07) is -0.0368. The number of nitrogens with zero attached hydrogens (tertiary/aromatic N) is 1. The summed E-state index contributed by atoms with van der Waals surface area (Å²) < 4.78 is 31.4. The van der Waals surface area contributed by atoms with Crippen LogP contribution >= 0.6 is 22.6 Å². The van der Waals surface area contributed by atoms with E-state index < -0.39 is 45.5 Å². The maximum atomic E-state index is 12.1. The molecule has 3 amide bonds. The largest absolute Gasteiger partial charge is 0.353 e. The minimum atomic E-state index is -4.74. The van der Waals surface area contributed by atoms with E-state index >= 15 is 0 Å².